The van der Waals surface area contributed by atoms with Crippen molar-refractivity contribution in [3.05, 3.63) is 34.4 Å². The summed E-state index contributed by atoms with van der Waals surface area (Å²) in [5.74, 6) is 0. The highest BCUT2D eigenvalue weighted by atomic mass is 19.4. The molecule has 1 heterocycles. The summed E-state index contributed by atoms with van der Waals surface area (Å²) in [5, 5.41) is 7.07. The Morgan fingerprint density at radius 3 is 2.06 bits per heavy atom. The predicted molar refractivity (Wildman–Crippen MR) is 119 cm³/mol. The minimum Gasteiger partial charge on any atom is -0.310 e. The quantitative estimate of drug-likeness (QED) is 0.465. The van der Waals surface area contributed by atoms with Crippen LogP contribution in [0.15, 0.2) is 12.1 Å². The Balaban J connectivity index is 1.45. The van der Waals surface area contributed by atoms with Crippen molar-refractivity contribution in [2.45, 2.75) is 108 Å². The van der Waals surface area contributed by atoms with E-state index in [1.165, 1.54) is 12.8 Å². The van der Waals surface area contributed by atoms with Gasteiger partial charge in [0, 0.05) is 30.7 Å². The zero-order valence-corrected chi connectivity index (χ0v) is 19.7. The number of benzene rings is 1. The Kier molecular flexibility index (Phi) is 7.84. The van der Waals surface area contributed by atoms with E-state index < -0.39 is 23.5 Å². The summed E-state index contributed by atoms with van der Waals surface area (Å²) in [6, 6.07) is 2.48. The molecule has 2 atom stereocenters. The van der Waals surface area contributed by atoms with E-state index in [0.29, 0.717) is 6.04 Å². The number of hydrogen-bond acceptors (Lipinski definition) is 3. The van der Waals surface area contributed by atoms with Crippen molar-refractivity contribution < 1.29 is 26.3 Å². The number of alkyl halides is 6. The van der Waals surface area contributed by atoms with Crippen molar-refractivity contribution >= 4 is 0 Å². The molecule has 0 radical (unpaired) electrons. The number of likely N-dealkylation sites (tertiary alicyclic amines) is 1. The Morgan fingerprint density at radius 2 is 1.50 bits per heavy atom. The van der Waals surface area contributed by atoms with Gasteiger partial charge in [-0.25, -0.2) is 0 Å². The van der Waals surface area contributed by atoms with Crippen LogP contribution >= 0.6 is 0 Å². The summed E-state index contributed by atoms with van der Waals surface area (Å²) in [7, 11) is 0. The van der Waals surface area contributed by atoms with Gasteiger partial charge in [-0.3, -0.25) is 0 Å². The lowest BCUT2D eigenvalue weighted by atomic mass is 9.88. The highest BCUT2D eigenvalue weighted by molar-refractivity contribution is 5.42. The smallest absolute Gasteiger partial charge is 0.310 e. The number of rotatable bonds is 7. The molecule has 2 unspecified atom stereocenters. The number of hydrogen-bond donors (Lipinski definition) is 2. The van der Waals surface area contributed by atoms with Crippen molar-refractivity contribution in [2.75, 3.05) is 13.1 Å². The van der Waals surface area contributed by atoms with Crippen LogP contribution in [0.3, 0.4) is 0 Å². The van der Waals surface area contributed by atoms with E-state index in [0.717, 1.165) is 63.7 Å². The zero-order chi connectivity index (χ0) is 24.5. The van der Waals surface area contributed by atoms with Crippen LogP contribution < -0.4 is 10.6 Å². The van der Waals surface area contributed by atoms with Crippen LogP contribution in [0.1, 0.15) is 80.5 Å². The van der Waals surface area contributed by atoms with Gasteiger partial charge in [0.15, 0.2) is 0 Å². The molecular weight excluding hydrogens is 456 g/mol. The van der Waals surface area contributed by atoms with Crippen molar-refractivity contribution in [1.82, 2.24) is 15.5 Å². The zero-order valence-electron chi connectivity index (χ0n) is 19.7. The molecule has 0 amide bonds. The summed E-state index contributed by atoms with van der Waals surface area (Å²) in [4.78, 5) is 2.56. The molecule has 3 nitrogen and oxygen atoms in total. The third-order valence-electron chi connectivity index (χ3n) is 7.71. The van der Waals surface area contributed by atoms with E-state index in [-0.39, 0.29) is 42.2 Å². The van der Waals surface area contributed by atoms with Crippen LogP contribution in [0.4, 0.5) is 26.3 Å². The highest BCUT2D eigenvalue weighted by Crippen LogP contribution is 2.39. The minimum atomic E-state index is -4.85. The molecule has 1 saturated heterocycles. The molecule has 0 aromatic heterocycles. The van der Waals surface area contributed by atoms with Gasteiger partial charge in [0.25, 0.3) is 0 Å². The van der Waals surface area contributed by atoms with Crippen molar-refractivity contribution in [1.29, 1.82) is 0 Å². The maximum absolute atomic E-state index is 13.8. The van der Waals surface area contributed by atoms with Gasteiger partial charge in [-0.2, -0.15) is 26.3 Å². The molecule has 2 N–H and O–H groups in total. The Bertz CT molecular complexity index is 825. The lowest BCUT2D eigenvalue weighted by Crippen LogP contribution is -2.55. The maximum atomic E-state index is 13.8. The number of aryl methyl sites for hydroxylation is 1. The molecule has 192 valence electrons. The van der Waals surface area contributed by atoms with Gasteiger partial charge in [-0.15, -0.1) is 0 Å². The predicted octanol–water partition coefficient (Wildman–Crippen LogP) is 5.90. The average molecular weight is 492 g/mol. The second kappa shape index (κ2) is 10.3. The van der Waals surface area contributed by atoms with Gasteiger partial charge in [0.05, 0.1) is 11.1 Å². The molecule has 2 aliphatic carbocycles. The molecular formula is C25H35F6N3. The summed E-state index contributed by atoms with van der Waals surface area (Å²) in [5.41, 5.74) is -2.39. The first-order valence-corrected chi connectivity index (χ1v) is 12.6. The number of piperidine rings is 1. The van der Waals surface area contributed by atoms with E-state index in [4.69, 9.17) is 0 Å². The SMILES string of the molecule is CCc1cc(C(F)(F)F)cc(C(F)(F)F)c1CNC1CCCCC1NC1CCN(C2CC2)CC1. The fraction of sp³-hybridized carbons (Fsp3) is 0.760. The first-order valence-electron chi connectivity index (χ1n) is 12.6. The van der Waals surface area contributed by atoms with E-state index >= 15 is 0 Å². The van der Waals surface area contributed by atoms with Crippen LogP contribution in [0.2, 0.25) is 0 Å². The lowest BCUT2D eigenvalue weighted by Gasteiger charge is -2.39. The Labute approximate surface area is 197 Å². The van der Waals surface area contributed by atoms with Gasteiger partial charge in [0.2, 0.25) is 0 Å². The molecule has 9 heteroatoms. The van der Waals surface area contributed by atoms with Crippen molar-refractivity contribution in [3.63, 3.8) is 0 Å². The first-order chi connectivity index (χ1) is 16.1. The second-order valence-electron chi connectivity index (χ2n) is 10.1. The second-order valence-corrected chi connectivity index (χ2v) is 10.1. The summed E-state index contributed by atoms with van der Waals surface area (Å²) in [6.45, 7) is 3.69. The molecule has 1 aromatic carbocycles. The number of halogens is 6. The van der Waals surface area contributed by atoms with Gasteiger partial charge in [0.1, 0.15) is 0 Å². The van der Waals surface area contributed by atoms with E-state index in [2.05, 4.69) is 15.5 Å². The molecule has 3 fully saturated rings. The van der Waals surface area contributed by atoms with Crippen LogP contribution in [0, 0.1) is 0 Å². The van der Waals surface area contributed by atoms with Crippen LogP contribution in [-0.2, 0) is 25.3 Å². The van der Waals surface area contributed by atoms with Crippen molar-refractivity contribution in [2.24, 2.45) is 0 Å². The molecule has 34 heavy (non-hydrogen) atoms. The standard InChI is InChI=1S/C25H35F6N3/c1-2-16-13-17(24(26,27)28)14-21(25(29,30)31)20(16)15-32-22-5-3-4-6-23(22)33-18-9-11-34(12-10-18)19-7-8-19/h13-14,18-19,22-23,32-33H,2-12,15H2,1H3. The van der Waals surface area contributed by atoms with E-state index in [1.807, 2.05) is 0 Å². The van der Waals surface area contributed by atoms with Crippen LogP contribution in [0.25, 0.3) is 0 Å². The van der Waals surface area contributed by atoms with Gasteiger partial charge in [-0.1, -0.05) is 19.8 Å². The molecule has 0 spiro atoms. The van der Waals surface area contributed by atoms with Crippen LogP contribution in [0.5, 0.6) is 0 Å². The molecule has 3 aliphatic rings. The lowest BCUT2D eigenvalue weighted by molar-refractivity contribution is -0.143. The third-order valence-corrected chi connectivity index (χ3v) is 7.71. The first kappa shape index (κ1) is 25.8. The summed E-state index contributed by atoms with van der Waals surface area (Å²) < 4.78 is 81.0. The van der Waals surface area contributed by atoms with Gasteiger partial charge >= 0.3 is 12.4 Å². The normalized spacial score (nSPS) is 25.6. The molecule has 0 bridgehead atoms. The molecule has 4 rings (SSSR count). The fourth-order valence-electron chi connectivity index (χ4n) is 5.65. The highest BCUT2D eigenvalue weighted by Gasteiger charge is 2.40. The Hall–Kier alpha value is -1.32. The van der Waals surface area contributed by atoms with Crippen LogP contribution in [-0.4, -0.2) is 42.2 Å². The van der Waals surface area contributed by atoms with E-state index in [1.54, 1.807) is 6.92 Å². The monoisotopic (exact) mass is 491 g/mol. The summed E-state index contributed by atoms with van der Waals surface area (Å²) in [6.07, 6.45) is -0.912. The topological polar surface area (TPSA) is 27.3 Å². The van der Waals surface area contributed by atoms with E-state index in [9.17, 15) is 26.3 Å². The molecule has 2 saturated carbocycles. The fourth-order valence-corrected chi connectivity index (χ4v) is 5.65. The molecule has 1 aliphatic heterocycles. The van der Waals surface area contributed by atoms with Gasteiger partial charge < -0.3 is 15.5 Å². The van der Waals surface area contributed by atoms with Gasteiger partial charge in [-0.05, 0) is 81.3 Å². The Morgan fingerprint density at radius 1 is 0.853 bits per heavy atom. The number of nitrogens with one attached hydrogen (secondary N) is 2. The third kappa shape index (κ3) is 6.26. The minimum absolute atomic E-state index is 0.00305. The average Bonchev–Trinajstić information content (AvgIpc) is 3.63. The molecule has 1 aromatic rings. The number of nitrogens with zero attached hydrogens (tertiary/aromatic N) is 1. The maximum Gasteiger partial charge on any atom is 0.416 e. The summed E-state index contributed by atoms with van der Waals surface area (Å²) >= 11 is 0. The largest absolute Gasteiger partial charge is 0.416 e. The van der Waals surface area contributed by atoms with Crippen molar-refractivity contribution in [3.8, 4) is 0 Å².